The van der Waals surface area contributed by atoms with Crippen LogP contribution in [0.25, 0.3) is 0 Å². The highest BCUT2D eigenvalue weighted by molar-refractivity contribution is 6.02. The number of hydrogen-bond acceptors (Lipinski definition) is 7. The number of carbonyl (C=O) groups is 3. The first-order chi connectivity index (χ1) is 12.1. The van der Waals surface area contributed by atoms with Gasteiger partial charge in [0.15, 0.2) is 5.78 Å². The number of benzene rings is 1. The summed E-state index contributed by atoms with van der Waals surface area (Å²) in [7, 11) is 6.19. The first-order valence-electron chi connectivity index (χ1n) is 8.32. The van der Waals surface area contributed by atoms with Crippen molar-refractivity contribution in [1.82, 2.24) is 0 Å². The number of hydrogen-bond donors (Lipinski definition) is 1. The molecule has 0 bridgehead atoms. The fourth-order valence-electron chi connectivity index (χ4n) is 3.66. The Balaban J connectivity index is 2.61. The molecule has 1 aromatic rings. The van der Waals surface area contributed by atoms with Gasteiger partial charge in [0, 0.05) is 32.1 Å². The van der Waals surface area contributed by atoms with Crippen LogP contribution in [0, 0.1) is 11.8 Å². The van der Waals surface area contributed by atoms with Crippen LogP contribution in [0.15, 0.2) is 24.3 Å². The Morgan fingerprint density at radius 1 is 1.12 bits per heavy atom. The average Bonchev–Trinajstić information content (AvgIpc) is 2.59. The van der Waals surface area contributed by atoms with Gasteiger partial charge < -0.3 is 19.5 Å². The van der Waals surface area contributed by atoms with Gasteiger partial charge in [-0.1, -0.05) is 12.1 Å². The quantitative estimate of drug-likeness (QED) is 0.633. The van der Waals surface area contributed by atoms with Gasteiger partial charge in [-0.25, -0.2) is 0 Å². The lowest BCUT2D eigenvalue weighted by Gasteiger charge is -2.43. The number of esters is 2. The third-order valence-corrected chi connectivity index (χ3v) is 4.97. The number of carbonyl (C=O) groups excluding carboxylic acids is 3. The number of ketones is 1. The predicted molar refractivity (Wildman–Crippen MR) is 94.8 cm³/mol. The second-order valence-electron chi connectivity index (χ2n) is 7.01. The van der Waals surface area contributed by atoms with Gasteiger partial charge in [-0.3, -0.25) is 14.4 Å². The van der Waals surface area contributed by atoms with E-state index in [9.17, 15) is 19.5 Å². The Bertz CT molecular complexity index is 694. The Morgan fingerprint density at radius 2 is 1.65 bits per heavy atom. The summed E-state index contributed by atoms with van der Waals surface area (Å²) in [5, 5.41) is 10.8. The number of nitrogens with zero attached hydrogens (tertiary/aromatic N) is 1. The van der Waals surface area contributed by atoms with E-state index in [1.165, 1.54) is 21.1 Å². The largest absolute Gasteiger partial charge is 0.469 e. The minimum Gasteiger partial charge on any atom is -0.469 e. The Kier molecular flexibility index (Phi) is 5.71. The van der Waals surface area contributed by atoms with Gasteiger partial charge in [0.1, 0.15) is 5.92 Å². The van der Waals surface area contributed by atoms with Gasteiger partial charge in [-0.2, -0.15) is 0 Å². The molecule has 0 heterocycles. The molecule has 1 fully saturated rings. The lowest BCUT2D eigenvalue weighted by atomic mass is 9.62. The lowest BCUT2D eigenvalue weighted by molar-refractivity contribution is -0.170. The molecular formula is C19H25NO6. The van der Waals surface area contributed by atoms with Crippen molar-refractivity contribution in [1.29, 1.82) is 0 Å². The Labute approximate surface area is 152 Å². The smallest absolute Gasteiger partial charge is 0.316 e. The molecule has 4 atom stereocenters. The molecule has 1 aliphatic rings. The highest BCUT2D eigenvalue weighted by atomic mass is 16.5. The van der Waals surface area contributed by atoms with Crippen molar-refractivity contribution in [3.8, 4) is 0 Å². The maximum Gasteiger partial charge on any atom is 0.316 e. The van der Waals surface area contributed by atoms with Crippen LogP contribution in [-0.2, 0) is 23.9 Å². The second-order valence-corrected chi connectivity index (χ2v) is 7.01. The van der Waals surface area contributed by atoms with E-state index in [2.05, 4.69) is 0 Å². The summed E-state index contributed by atoms with van der Waals surface area (Å²) in [5.41, 5.74) is -0.110. The maximum absolute atomic E-state index is 12.6. The Morgan fingerprint density at radius 3 is 2.12 bits per heavy atom. The van der Waals surface area contributed by atoms with Crippen molar-refractivity contribution in [2.24, 2.45) is 11.8 Å². The van der Waals surface area contributed by atoms with Crippen LogP contribution >= 0.6 is 0 Å². The molecule has 7 nitrogen and oxygen atoms in total. The van der Waals surface area contributed by atoms with E-state index in [4.69, 9.17) is 9.47 Å². The summed E-state index contributed by atoms with van der Waals surface area (Å²) in [6, 6.07) is 7.15. The van der Waals surface area contributed by atoms with Crippen molar-refractivity contribution in [3.05, 3.63) is 29.8 Å². The van der Waals surface area contributed by atoms with Crippen LogP contribution in [0.1, 0.15) is 24.8 Å². The van der Waals surface area contributed by atoms with Gasteiger partial charge in [-0.15, -0.1) is 0 Å². The van der Waals surface area contributed by atoms with E-state index in [1.54, 1.807) is 12.1 Å². The molecule has 0 unspecified atom stereocenters. The van der Waals surface area contributed by atoms with E-state index in [1.807, 2.05) is 31.1 Å². The number of ether oxygens (including phenoxy) is 2. The second kappa shape index (κ2) is 7.45. The van der Waals surface area contributed by atoms with Crippen LogP contribution in [-0.4, -0.2) is 56.7 Å². The van der Waals surface area contributed by atoms with E-state index < -0.39 is 41.1 Å². The third-order valence-electron chi connectivity index (χ3n) is 4.97. The van der Waals surface area contributed by atoms with Crippen LogP contribution in [0.2, 0.25) is 0 Å². The maximum atomic E-state index is 12.6. The van der Waals surface area contributed by atoms with Crippen LogP contribution < -0.4 is 4.90 Å². The molecule has 0 spiro atoms. The third kappa shape index (κ3) is 3.58. The SMILES string of the molecule is COC(=O)[C@@H]1C(=O)C[C@](C)(O)[C@H](C(=O)OC)[C@H]1c1ccc(N(C)C)cc1. The number of methoxy groups -OCH3 is 2. The van der Waals surface area contributed by atoms with Crippen molar-refractivity contribution in [3.63, 3.8) is 0 Å². The molecule has 0 saturated heterocycles. The summed E-state index contributed by atoms with van der Waals surface area (Å²) in [6.07, 6.45) is -0.321. The zero-order valence-electron chi connectivity index (χ0n) is 15.7. The van der Waals surface area contributed by atoms with E-state index in [-0.39, 0.29) is 6.42 Å². The van der Waals surface area contributed by atoms with Gasteiger partial charge in [0.2, 0.25) is 0 Å². The summed E-state index contributed by atoms with van der Waals surface area (Å²) >= 11 is 0. The average molecular weight is 363 g/mol. The molecule has 0 aromatic heterocycles. The van der Waals surface area contributed by atoms with E-state index in [0.717, 1.165) is 5.69 Å². The zero-order chi connectivity index (χ0) is 19.6. The number of aliphatic hydroxyl groups is 1. The molecule has 1 saturated carbocycles. The summed E-state index contributed by atoms with van der Waals surface area (Å²) in [6.45, 7) is 1.42. The van der Waals surface area contributed by atoms with Gasteiger partial charge in [0.05, 0.1) is 25.7 Å². The van der Waals surface area contributed by atoms with Crippen molar-refractivity contribution >= 4 is 23.4 Å². The standard InChI is InChI=1S/C19H25NO6/c1-19(24)10-13(21)15(17(22)25-4)14(16(19)18(23)26-5)11-6-8-12(9-7-11)20(2)3/h6-9,14-16,24H,10H2,1-5H3/t14-,15+,16-,19-/m0/s1. The molecule has 7 heteroatoms. The molecule has 1 N–H and O–H groups in total. The fraction of sp³-hybridized carbons (Fsp3) is 0.526. The van der Waals surface area contributed by atoms with Crippen molar-refractivity contribution in [2.45, 2.75) is 24.9 Å². The van der Waals surface area contributed by atoms with Gasteiger partial charge in [0.25, 0.3) is 0 Å². The first-order valence-corrected chi connectivity index (χ1v) is 8.32. The van der Waals surface area contributed by atoms with Crippen LogP contribution in [0.3, 0.4) is 0 Å². The summed E-state index contributed by atoms with van der Waals surface area (Å²) in [4.78, 5) is 39.3. The number of anilines is 1. The molecule has 1 aromatic carbocycles. The van der Waals surface area contributed by atoms with Crippen molar-refractivity contribution in [2.75, 3.05) is 33.2 Å². The highest BCUT2D eigenvalue weighted by Crippen LogP contribution is 2.46. The molecular weight excluding hydrogens is 338 g/mol. The summed E-state index contributed by atoms with van der Waals surface area (Å²) < 4.78 is 9.67. The Hall–Kier alpha value is -2.41. The van der Waals surface area contributed by atoms with Gasteiger partial charge in [-0.05, 0) is 24.6 Å². The lowest BCUT2D eigenvalue weighted by Crippen LogP contribution is -2.55. The molecule has 0 aliphatic heterocycles. The van der Waals surface area contributed by atoms with Crippen molar-refractivity contribution < 1.29 is 29.0 Å². The van der Waals surface area contributed by atoms with E-state index in [0.29, 0.717) is 5.56 Å². The number of rotatable bonds is 4. The summed E-state index contributed by atoms with van der Waals surface area (Å²) in [5.74, 6) is -4.96. The number of Topliss-reactive ketones (excluding diaryl/α,β-unsaturated/α-hetero) is 1. The highest BCUT2D eigenvalue weighted by Gasteiger charge is 2.56. The molecule has 0 radical (unpaired) electrons. The molecule has 0 amide bonds. The monoisotopic (exact) mass is 363 g/mol. The van der Waals surface area contributed by atoms with Crippen LogP contribution in [0.4, 0.5) is 5.69 Å². The molecule has 2 rings (SSSR count). The topological polar surface area (TPSA) is 93.1 Å². The minimum atomic E-state index is -1.63. The normalized spacial score (nSPS) is 28.4. The molecule has 1 aliphatic carbocycles. The molecule has 26 heavy (non-hydrogen) atoms. The zero-order valence-corrected chi connectivity index (χ0v) is 15.7. The first kappa shape index (κ1) is 19.9. The van der Waals surface area contributed by atoms with Crippen LogP contribution in [0.5, 0.6) is 0 Å². The fourth-order valence-corrected chi connectivity index (χ4v) is 3.66. The van der Waals surface area contributed by atoms with E-state index >= 15 is 0 Å². The predicted octanol–water partition coefficient (Wildman–Crippen LogP) is 1.14. The molecule has 142 valence electrons. The van der Waals surface area contributed by atoms with Gasteiger partial charge >= 0.3 is 11.9 Å². The minimum absolute atomic E-state index is 0.321.